The molecule has 2 aromatic carbocycles. The summed E-state index contributed by atoms with van der Waals surface area (Å²) in [7, 11) is -3.62. The Morgan fingerprint density at radius 2 is 1.71 bits per heavy atom. The fraction of sp³-hybridized carbons (Fsp3) is 0.133. The summed E-state index contributed by atoms with van der Waals surface area (Å²) in [5.74, 6) is 0.221. The highest BCUT2D eigenvalue weighted by Gasteiger charge is 2.15. The van der Waals surface area contributed by atoms with E-state index in [4.69, 9.17) is 0 Å². The van der Waals surface area contributed by atoms with Crippen LogP contribution in [-0.2, 0) is 10.0 Å². The van der Waals surface area contributed by atoms with Crippen LogP contribution in [0.2, 0.25) is 0 Å². The molecule has 0 aliphatic heterocycles. The van der Waals surface area contributed by atoms with E-state index in [1.54, 1.807) is 30.3 Å². The third-order valence-corrected chi connectivity index (χ3v) is 4.74. The van der Waals surface area contributed by atoms with Crippen LogP contribution < -0.4 is 4.72 Å². The number of H-pyrrole nitrogens is 1. The van der Waals surface area contributed by atoms with Gasteiger partial charge in [0, 0.05) is 0 Å². The standard InChI is InChI=1S/C15H15N3O2S/c1-10-8-13-14(9-11(10)2)17-15(16-13)18-21(19,20)12-6-4-3-5-7-12/h3-9H,1-2H3,(H2,16,17,18). The molecule has 5 nitrogen and oxygen atoms in total. The zero-order chi connectivity index (χ0) is 15.0. The lowest BCUT2D eigenvalue weighted by atomic mass is 10.1. The lowest BCUT2D eigenvalue weighted by molar-refractivity contribution is 0.601. The van der Waals surface area contributed by atoms with Crippen molar-refractivity contribution in [1.82, 2.24) is 9.97 Å². The van der Waals surface area contributed by atoms with Crippen LogP contribution in [0.4, 0.5) is 5.95 Å². The van der Waals surface area contributed by atoms with E-state index < -0.39 is 10.0 Å². The van der Waals surface area contributed by atoms with Crippen molar-refractivity contribution in [3.05, 3.63) is 53.6 Å². The van der Waals surface area contributed by atoms with Crippen molar-refractivity contribution in [2.45, 2.75) is 18.7 Å². The minimum absolute atomic E-state index is 0.206. The number of hydrogen-bond acceptors (Lipinski definition) is 3. The Hall–Kier alpha value is -2.34. The van der Waals surface area contributed by atoms with Crippen molar-refractivity contribution in [1.29, 1.82) is 0 Å². The second-order valence-corrected chi connectivity index (χ2v) is 6.64. The number of imidazole rings is 1. The van der Waals surface area contributed by atoms with Gasteiger partial charge in [0.25, 0.3) is 10.0 Å². The number of rotatable bonds is 3. The number of nitrogens with one attached hydrogen (secondary N) is 2. The Labute approximate surface area is 123 Å². The predicted octanol–water partition coefficient (Wildman–Crippen LogP) is 2.98. The molecule has 0 aliphatic carbocycles. The normalized spacial score (nSPS) is 11.7. The van der Waals surface area contributed by atoms with E-state index in [9.17, 15) is 8.42 Å². The molecule has 0 fully saturated rings. The molecular weight excluding hydrogens is 286 g/mol. The van der Waals surface area contributed by atoms with Gasteiger partial charge in [0.15, 0.2) is 0 Å². The van der Waals surface area contributed by atoms with Gasteiger partial charge in [-0.3, -0.25) is 0 Å². The molecule has 0 radical (unpaired) electrons. The molecule has 0 aliphatic rings. The number of fused-ring (bicyclic) bond motifs is 1. The first-order valence-corrected chi connectivity index (χ1v) is 7.99. The maximum absolute atomic E-state index is 12.2. The summed E-state index contributed by atoms with van der Waals surface area (Å²) in [5, 5.41) is 0. The topological polar surface area (TPSA) is 74.8 Å². The van der Waals surface area contributed by atoms with Gasteiger partial charge in [-0.05, 0) is 49.2 Å². The van der Waals surface area contributed by atoms with Crippen LogP contribution >= 0.6 is 0 Å². The summed E-state index contributed by atoms with van der Waals surface area (Å²) < 4.78 is 27.0. The van der Waals surface area contributed by atoms with Crippen LogP contribution in [0.3, 0.4) is 0 Å². The van der Waals surface area contributed by atoms with E-state index in [2.05, 4.69) is 14.7 Å². The van der Waals surface area contributed by atoms with Crippen LogP contribution in [0.1, 0.15) is 11.1 Å². The van der Waals surface area contributed by atoms with Crippen molar-refractivity contribution in [3.8, 4) is 0 Å². The lowest BCUT2D eigenvalue weighted by Crippen LogP contribution is -2.13. The van der Waals surface area contributed by atoms with Crippen LogP contribution in [-0.4, -0.2) is 18.4 Å². The molecule has 1 aromatic heterocycles. The molecule has 0 unspecified atom stereocenters. The highest BCUT2D eigenvalue weighted by Crippen LogP contribution is 2.20. The van der Waals surface area contributed by atoms with E-state index in [-0.39, 0.29) is 10.8 Å². The van der Waals surface area contributed by atoms with Gasteiger partial charge in [-0.15, -0.1) is 0 Å². The molecule has 0 atom stereocenters. The average molecular weight is 301 g/mol. The average Bonchev–Trinajstić information content (AvgIpc) is 2.81. The Balaban J connectivity index is 1.99. The van der Waals surface area contributed by atoms with Crippen molar-refractivity contribution < 1.29 is 8.42 Å². The van der Waals surface area contributed by atoms with Crippen molar-refractivity contribution in [2.75, 3.05) is 4.72 Å². The molecule has 108 valence electrons. The Kier molecular flexibility index (Phi) is 3.17. The second-order valence-electron chi connectivity index (χ2n) is 4.96. The molecule has 1 heterocycles. The summed E-state index contributed by atoms with van der Waals surface area (Å²) in [5.41, 5.74) is 3.79. The Bertz CT molecular complexity index is 860. The zero-order valence-corrected chi connectivity index (χ0v) is 12.5. The first-order valence-electron chi connectivity index (χ1n) is 6.50. The van der Waals surface area contributed by atoms with Crippen molar-refractivity contribution in [2.24, 2.45) is 0 Å². The third kappa shape index (κ3) is 2.62. The Morgan fingerprint density at radius 1 is 1.05 bits per heavy atom. The fourth-order valence-electron chi connectivity index (χ4n) is 2.10. The van der Waals surface area contributed by atoms with Crippen LogP contribution in [0.15, 0.2) is 47.4 Å². The second kappa shape index (κ2) is 4.89. The van der Waals surface area contributed by atoms with Gasteiger partial charge in [-0.1, -0.05) is 18.2 Å². The molecule has 6 heteroatoms. The molecule has 0 amide bonds. The van der Waals surface area contributed by atoms with E-state index in [0.717, 1.165) is 22.2 Å². The molecular formula is C15H15N3O2S. The zero-order valence-electron chi connectivity index (χ0n) is 11.7. The monoisotopic (exact) mass is 301 g/mol. The molecule has 0 spiro atoms. The van der Waals surface area contributed by atoms with E-state index in [1.165, 1.54) is 0 Å². The smallest absolute Gasteiger partial charge is 0.264 e. The number of nitrogens with zero attached hydrogens (tertiary/aromatic N) is 1. The van der Waals surface area contributed by atoms with Crippen molar-refractivity contribution in [3.63, 3.8) is 0 Å². The summed E-state index contributed by atoms with van der Waals surface area (Å²) in [6.45, 7) is 4.00. The van der Waals surface area contributed by atoms with Crippen LogP contribution in [0.5, 0.6) is 0 Å². The summed E-state index contributed by atoms with van der Waals surface area (Å²) in [6, 6.07) is 12.1. The van der Waals surface area contributed by atoms with Gasteiger partial charge in [-0.2, -0.15) is 0 Å². The van der Waals surface area contributed by atoms with Gasteiger partial charge >= 0.3 is 0 Å². The minimum atomic E-state index is -3.62. The third-order valence-electron chi connectivity index (χ3n) is 3.38. The van der Waals surface area contributed by atoms with Gasteiger partial charge in [0.2, 0.25) is 5.95 Å². The number of anilines is 1. The molecule has 0 saturated heterocycles. The summed E-state index contributed by atoms with van der Waals surface area (Å²) >= 11 is 0. The SMILES string of the molecule is Cc1cc2nc(NS(=O)(=O)c3ccccc3)[nH]c2cc1C. The number of aryl methyl sites for hydroxylation is 2. The van der Waals surface area contributed by atoms with E-state index in [1.807, 2.05) is 26.0 Å². The highest BCUT2D eigenvalue weighted by molar-refractivity contribution is 7.92. The van der Waals surface area contributed by atoms with Gasteiger partial charge in [0.05, 0.1) is 15.9 Å². The minimum Gasteiger partial charge on any atom is -0.323 e. The number of benzene rings is 2. The molecule has 2 N–H and O–H groups in total. The molecule has 21 heavy (non-hydrogen) atoms. The van der Waals surface area contributed by atoms with Crippen LogP contribution in [0, 0.1) is 13.8 Å². The van der Waals surface area contributed by atoms with E-state index >= 15 is 0 Å². The first kappa shape index (κ1) is 13.6. The van der Waals surface area contributed by atoms with E-state index in [0.29, 0.717) is 0 Å². The fourth-order valence-corrected chi connectivity index (χ4v) is 3.09. The molecule has 3 aromatic rings. The number of aromatic nitrogens is 2. The number of hydrogen-bond donors (Lipinski definition) is 2. The molecule has 3 rings (SSSR count). The lowest BCUT2D eigenvalue weighted by Gasteiger charge is -2.04. The summed E-state index contributed by atoms with van der Waals surface area (Å²) in [4.78, 5) is 7.47. The first-order chi connectivity index (χ1) is 9.95. The summed E-state index contributed by atoms with van der Waals surface area (Å²) in [6.07, 6.45) is 0. The molecule has 0 saturated carbocycles. The Morgan fingerprint density at radius 3 is 2.43 bits per heavy atom. The van der Waals surface area contributed by atoms with Gasteiger partial charge in [0.1, 0.15) is 0 Å². The van der Waals surface area contributed by atoms with Crippen LogP contribution in [0.25, 0.3) is 11.0 Å². The quantitative estimate of drug-likeness (QED) is 0.781. The predicted molar refractivity (Wildman–Crippen MR) is 82.8 cm³/mol. The molecule has 0 bridgehead atoms. The maximum Gasteiger partial charge on any atom is 0.264 e. The highest BCUT2D eigenvalue weighted by atomic mass is 32.2. The number of sulfonamides is 1. The van der Waals surface area contributed by atoms with Crippen molar-refractivity contribution >= 4 is 27.0 Å². The van der Waals surface area contributed by atoms with Gasteiger partial charge in [-0.25, -0.2) is 18.1 Å². The maximum atomic E-state index is 12.2. The largest absolute Gasteiger partial charge is 0.323 e. The van der Waals surface area contributed by atoms with Gasteiger partial charge < -0.3 is 4.98 Å². The number of aromatic amines is 1.